The van der Waals surface area contributed by atoms with E-state index in [0.29, 0.717) is 19.3 Å². The van der Waals surface area contributed by atoms with E-state index in [1.54, 1.807) is 0 Å². The maximum absolute atomic E-state index is 12.8. The van der Waals surface area contributed by atoms with Gasteiger partial charge in [-0.15, -0.1) is 0 Å². The second-order valence-corrected chi connectivity index (χ2v) is 7.08. The maximum atomic E-state index is 12.8. The Hall–Kier alpha value is -1.55. The van der Waals surface area contributed by atoms with Crippen LogP contribution in [-0.4, -0.2) is 34.5 Å². The van der Waals surface area contributed by atoms with Crippen LogP contribution in [0.3, 0.4) is 0 Å². The Balaban J connectivity index is 1.66. The van der Waals surface area contributed by atoms with Crippen LogP contribution in [0.1, 0.15) is 37.7 Å². The fourth-order valence-electron chi connectivity index (χ4n) is 3.92. The molecule has 4 nitrogen and oxygen atoms in total. The zero-order valence-corrected chi connectivity index (χ0v) is 13.8. The van der Waals surface area contributed by atoms with Gasteiger partial charge in [0.1, 0.15) is 0 Å². The van der Waals surface area contributed by atoms with Gasteiger partial charge in [-0.05, 0) is 50.2 Å². The number of carbonyl (C=O) groups is 2. The lowest BCUT2D eigenvalue weighted by Gasteiger charge is -2.28. The molecule has 1 aromatic rings. The van der Waals surface area contributed by atoms with Gasteiger partial charge in [0.15, 0.2) is 0 Å². The Morgan fingerprint density at radius 3 is 2.61 bits per heavy atom. The summed E-state index contributed by atoms with van der Waals surface area (Å²) in [5.74, 6) is -1.10. The number of benzene rings is 1. The van der Waals surface area contributed by atoms with Gasteiger partial charge in [-0.1, -0.05) is 29.8 Å². The molecule has 2 fully saturated rings. The van der Waals surface area contributed by atoms with Crippen LogP contribution in [0.25, 0.3) is 0 Å². The van der Waals surface area contributed by atoms with Crippen molar-refractivity contribution >= 4 is 23.5 Å². The number of halogens is 1. The SMILES string of the molecule is O=C(O)[C@@H]1CC[C@H](C(=O)N2CCCC2Cc2ccccc2Cl)C1. The van der Waals surface area contributed by atoms with Gasteiger partial charge in [0.05, 0.1) is 5.92 Å². The van der Waals surface area contributed by atoms with Crippen molar-refractivity contribution in [2.45, 2.75) is 44.6 Å². The average Bonchev–Trinajstić information content (AvgIpc) is 3.18. The van der Waals surface area contributed by atoms with Gasteiger partial charge in [-0.25, -0.2) is 0 Å². The van der Waals surface area contributed by atoms with Gasteiger partial charge in [0.25, 0.3) is 0 Å². The molecule has 1 aliphatic heterocycles. The molecule has 1 saturated carbocycles. The van der Waals surface area contributed by atoms with Crippen LogP contribution in [0.2, 0.25) is 5.02 Å². The van der Waals surface area contributed by atoms with Crippen LogP contribution < -0.4 is 0 Å². The first-order chi connectivity index (χ1) is 11.1. The highest BCUT2D eigenvalue weighted by atomic mass is 35.5. The molecule has 5 heteroatoms. The molecule has 1 N–H and O–H groups in total. The fraction of sp³-hybridized carbons (Fsp3) is 0.556. The zero-order valence-electron chi connectivity index (χ0n) is 13.1. The Morgan fingerprint density at radius 2 is 1.91 bits per heavy atom. The van der Waals surface area contributed by atoms with Crippen LogP contribution in [0.4, 0.5) is 0 Å². The van der Waals surface area contributed by atoms with E-state index in [0.717, 1.165) is 36.4 Å². The van der Waals surface area contributed by atoms with E-state index in [1.165, 1.54) is 0 Å². The van der Waals surface area contributed by atoms with Gasteiger partial charge >= 0.3 is 5.97 Å². The normalized spacial score (nSPS) is 27.3. The topological polar surface area (TPSA) is 57.6 Å². The van der Waals surface area contributed by atoms with Crippen molar-refractivity contribution in [3.8, 4) is 0 Å². The number of amides is 1. The number of hydrogen-bond acceptors (Lipinski definition) is 2. The van der Waals surface area contributed by atoms with Crippen LogP contribution in [-0.2, 0) is 16.0 Å². The lowest BCUT2D eigenvalue weighted by Crippen LogP contribution is -2.40. The van der Waals surface area contributed by atoms with Crippen molar-refractivity contribution in [2.24, 2.45) is 11.8 Å². The van der Waals surface area contributed by atoms with Crippen molar-refractivity contribution in [3.05, 3.63) is 34.9 Å². The van der Waals surface area contributed by atoms with Gasteiger partial charge in [-0.3, -0.25) is 9.59 Å². The molecule has 1 aromatic carbocycles. The van der Waals surface area contributed by atoms with Crippen LogP contribution in [0, 0.1) is 11.8 Å². The highest BCUT2D eigenvalue weighted by molar-refractivity contribution is 6.31. The Labute approximate surface area is 141 Å². The maximum Gasteiger partial charge on any atom is 0.306 e. The Bertz CT molecular complexity index is 604. The third kappa shape index (κ3) is 3.52. The van der Waals surface area contributed by atoms with Crippen LogP contribution >= 0.6 is 11.6 Å². The first-order valence-corrected chi connectivity index (χ1v) is 8.70. The minimum atomic E-state index is -0.769. The summed E-state index contributed by atoms with van der Waals surface area (Å²) in [6, 6.07) is 7.96. The molecule has 0 bridgehead atoms. The van der Waals surface area contributed by atoms with Gasteiger partial charge in [0.2, 0.25) is 5.91 Å². The van der Waals surface area contributed by atoms with Crippen molar-refractivity contribution < 1.29 is 14.7 Å². The quantitative estimate of drug-likeness (QED) is 0.917. The third-order valence-electron chi connectivity index (χ3n) is 5.20. The highest BCUT2D eigenvalue weighted by Crippen LogP contribution is 2.35. The monoisotopic (exact) mass is 335 g/mol. The number of carboxylic acid groups (broad SMARTS) is 1. The highest BCUT2D eigenvalue weighted by Gasteiger charge is 2.39. The van der Waals surface area contributed by atoms with E-state index in [-0.39, 0.29) is 23.8 Å². The molecular formula is C18H22ClNO3. The molecule has 1 unspecified atom stereocenters. The van der Waals surface area contributed by atoms with Gasteiger partial charge in [0, 0.05) is 23.5 Å². The van der Waals surface area contributed by atoms with E-state index >= 15 is 0 Å². The summed E-state index contributed by atoms with van der Waals surface area (Å²) >= 11 is 6.24. The predicted octanol–water partition coefficient (Wildman–Crippen LogP) is 3.37. The summed E-state index contributed by atoms with van der Waals surface area (Å²) in [6.45, 7) is 0.780. The second-order valence-electron chi connectivity index (χ2n) is 6.67. The minimum Gasteiger partial charge on any atom is -0.481 e. The zero-order chi connectivity index (χ0) is 16.4. The van der Waals surface area contributed by atoms with Crippen molar-refractivity contribution in [1.29, 1.82) is 0 Å². The molecule has 1 amide bonds. The molecule has 0 spiro atoms. The Morgan fingerprint density at radius 1 is 1.17 bits per heavy atom. The molecule has 3 atom stereocenters. The third-order valence-corrected chi connectivity index (χ3v) is 5.57. The minimum absolute atomic E-state index is 0.122. The summed E-state index contributed by atoms with van der Waals surface area (Å²) in [7, 11) is 0. The number of carboxylic acids is 1. The predicted molar refractivity (Wildman–Crippen MR) is 88.4 cm³/mol. The second kappa shape index (κ2) is 6.91. The molecule has 2 aliphatic rings. The van der Waals surface area contributed by atoms with E-state index in [4.69, 9.17) is 16.7 Å². The molecule has 0 aromatic heterocycles. The molecular weight excluding hydrogens is 314 g/mol. The summed E-state index contributed by atoms with van der Waals surface area (Å²) in [5, 5.41) is 9.86. The number of carbonyl (C=O) groups excluding carboxylic acids is 1. The first-order valence-electron chi connectivity index (χ1n) is 8.33. The van der Waals surface area contributed by atoms with Crippen LogP contribution in [0.5, 0.6) is 0 Å². The lowest BCUT2D eigenvalue weighted by atomic mass is 10.0. The lowest BCUT2D eigenvalue weighted by molar-refractivity contribution is -0.141. The molecule has 23 heavy (non-hydrogen) atoms. The van der Waals surface area contributed by atoms with Gasteiger partial charge in [-0.2, -0.15) is 0 Å². The number of rotatable bonds is 4. The summed E-state index contributed by atoms with van der Waals surface area (Å²) in [4.78, 5) is 25.9. The summed E-state index contributed by atoms with van der Waals surface area (Å²) in [6.07, 6.45) is 4.59. The van der Waals surface area contributed by atoms with E-state index in [9.17, 15) is 9.59 Å². The molecule has 1 saturated heterocycles. The van der Waals surface area contributed by atoms with Crippen molar-refractivity contribution in [2.75, 3.05) is 6.54 Å². The van der Waals surface area contributed by atoms with Crippen molar-refractivity contribution in [1.82, 2.24) is 4.90 Å². The number of aliphatic carboxylic acids is 1. The van der Waals surface area contributed by atoms with E-state index < -0.39 is 5.97 Å². The molecule has 1 heterocycles. The average molecular weight is 336 g/mol. The number of hydrogen-bond donors (Lipinski definition) is 1. The molecule has 3 rings (SSSR count). The summed E-state index contributed by atoms with van der Waals surface area (Å²) in [5.41, 5.74) is 1.08. The first kappa shape index (κ1) is 16.3. The molecule has 1 aliphatic carbocycles. The fourth-order valence-corrected chi connectivity index (χ4v) is 4.13. The largest absolute Gasteiger partial charge is 0.481 e. The standard InChI is InChI=1S/C18H22ClNO3/c19-16-6-2-1-4-12(16)11-15-5-3-9-20(15)17(21)13-7-8-14(10-13)18(22)23/h1-2,4,6,13-15H,3,5,7-11H2,(H,22,23)/t13-,14+,15?/m0/s1. The number of nitrogens with zero attached hydrogens (tertiary/aromatic N) is 1. The van der Waals surface area contributed by atoms with Crippen molar-refractivity contribution in [3.63, 3.8) is 0 Å². The van der Waals surface area contributed by atoms with E-state index in [2.05, 4.69) is 0 Å². The molecule has 124 valence electrons. The smallest absolute Gasteiger partial charge is 0.306 e. The van der Waals surface area contributed by atoms with E-state index in [1.807, 2.05) is 29.2 Å². The molecule has 0 radical (unpaired) electrons. The Kier molecular flexibility index (Phi) is 4.90. The van der Waals surface area contributed by atoms with Crippen LogP contribution in [0.15, 0.2) is 24.3 Å². The number of likely N-dealkylation sites (tertiary alicyclic amines) is 1. The van der Waals surface area contributed by atoms with Gasteiger partial charge < -0.3 is 10.0 Å². The summed E-state index contributed by atoms with van der Waals surface area (Å²) < 4.78 is 0.